The van der Waals surface area contributed by atoms with E-state index in [2.05, 4.69) is 27.1 Å². The topological polar surface area (TPSA) is 48.5 Å². The number of nitrogens with zero attached hydrogens (tertiary/aromatic N) is 3. The Morgan fingerprint density at radius 2 is 1.83 bits per heavy atom. The van der Waals surface area contributed by atoms with E-state index in [0.29, 0.717) is 11.6 Å². The molecule has 0 saturated carbocycles. The number of thioether (sulfide) groups is 1. The summed E-state index contributed by atoms with van der Waals surface area (Å²) < 4.78 is 37.9. The average Bonchev–Trinajstić information content (AvgIpc) is 2.73. The van der Waals surface area contributed by atoms with Crippen LogP contribution in [0.5, 0.6) is 0 Å². The molecule has 1 aliphatic rings. The summed E-state index contributed by atoms with van der Waals surface area (Å²) in [6, 6.07) is 11.9. The first-order valence-electron chi connectivity index (χ1n) is 9.72. The Morgan fingerprint density at radius 1 is 1.13 bits per heavy atom. The molecule has 1 fully saturated rings. The van der Waals surface area contributed by atoms with Gasteiger partial charge in [0.15, 0.2) is 0 Å². The van der Waals surface area contributed by atoms with Crippen molar-refractivity contribution in [2.45, 2.75) is 17.2 Å². The van der Waals surface area contributed by atoms with Crippen LogP contribution in [0, 0.1) is 0 Å². The molecule has 5 nitrogen and oxygen atoms in total. The van der Waals surface area contributed by atoms with Crippen LogP contribution in [0.2, 0.25) is 0 Å². The molecule has 0 radical (unpaired) electrons. The summed E-state index contributed by atoms with van der Waals surface area (Å²) >= 11 is 1.12. The monoisotopic (exact) mass is 438 g/mol. The summed E-state index contributed by atoms with van der Waals surface area (Å²) in [6.07, 6.45) is -3.62. The van der Waals surface area contributed by atoms with E-state index in [-0.39, 0.29) is 17.7 Å². The molecule has 3 rings (SSSR count). The highest BCUT2D eigenvalue weighted by molar-refractivity contribution is 7.99. The van der Waals surface area contributed by atoms with Gasteiger partial charge in [0.25, 0.3) is 0 Å². The molecule has 9 heteroatoms. The molecule has 162 valence electrons. The van der Waals surface area contributed by atoms with Crippen molar-refractivity contribution in [3.05, 3.63) is 59.8 Å². The van der Waals surface area contributed by atoms with Crippen LogP contribution >= 0.6 is 11.8 Å². The van der Waals surface area contributed by atoms with Gasteiger partial charge in [-0.3, -0.25) is 9.69 Å². The number of pyridine rings is 1. The molecule has 30 heavy (non-hydrogen) atoms. The van der Waals surface area contributed by atoms with Crippen molar-refractivity contribution in [1.82, 2.24) is 20.1 Å². The van der Waals surface area contributed by atoms with Crippen molar-refractivity contribution in [2.24, 2.45) is 0 Å². The van der Waals surface area contributed by atoms with E-state index in [1.807, 2.05) is 30.3 Å². The van der Waals surface area contributed by atoms with E-state index >= 15 is 0 Å². The van der Waals surface area contributed by atoms with Crippen molar-refractivity contribution in [2.75, 3.05) is 45.5 Å². The van der Waals surface area contributed by atoms with Crippen LogP contribution in [0.4, 0.5) is 13.2 Å². The van der Waals surface area contributed by atoms with Crippen LogP contribution < -0.4 is 5.32 Å². The van der Waals surface area contributed by atoms with Crippen LogP contribution in [0.25, 0.3) is 0 Å². The number of piperazine rings is 1. The molecule has 1 amide bonds. The number of carbonyl (C=O) groups excluding carboxylic acids is 1. The first-order valence-corrected chi connectivity index (χ1v) is 10.7. The Balaban J connectivity index is 1.57. The fourth-order valence-corrected chi connectivity index (χ4v) is 3.87. The van der Waals surface area contributed by atoms with Gasteiger partial charge in [0.2, 0.25) is 5.91 Å². The zero-order valence-electron chi connectivity index (χ0n) is 16.7. The van der Waals surface area contributed by atoms with E-state index < -0.39 is 11.7 Å². The van der Waals surface area contributed by atoms with Crippen molar-refractivity contribution in [1.29, 1.82) is 0 Å². The van der Waals surface area contributed by atoms with E-state index in [1.165, 1.54) is 6.07 Å². The quantitative estimate of drug-likeness (QED) is 0.673. The predicted molar refractivity (Wildman–Crippen MR) is 111 cm³/mol. The second kappa shape index (κ2) is 10.3. The number of rotatable bonds is 7. The molecular formula is C21H25F3N4OS. The Labute approximate surface area is 178 Å². The van der Waals surface area contributed by atoms with Crippen LogP contribution in [-0.4, -0.2) is 66.2 Å². The summed E-state index contributed by atoms with van der Waals surface area (Å²) in [6.45, 7) is 4.59. The third-order valence-corrected chi connectivity index (χ3v) is 5.93. The standard InChI is InChI=1S/C21H25F3N4OS/c1-27-9-11-28(12-10-27)14-18(16-5-3-2-4-6-16)26-19(29)15-30-20-8-7-17(13-25-20)21(22,23)24/h2-8,13,18H,9-12,14-15H2,1H3,(H,26,29). The molecular weight excluding hydrogens is 413 g/mol. The lowest BCUT2D eigenvalue weighted by Gasteiger charge is -2.35. The number of hydrogen-bond acceptors (Lipinski definition) is 5. The third kappa shape index (κ3) is 6.72. The highest BCUT2D eigenvalue weighted by Gasteiger charge is 2.30. The second-order valence-electron chi connectivity index (χ2n) is 7.31. The maximum Gasteiger partial charge on any atom is 0.417 e. The number of carbonyl (C=O) groups is 1. The van der Waals surface area contributed by atoms with E-state index in [9.17, 15) is 18.0 Å². The third-order valence-electron chi connectivity index (χ3n) is 4.99. The maximum absolute atomic E-state index is 12.6. The van der Waals surface area contributed by atoms with Crippen LogP contribution in [0.3, 0.4) is 0 Å². The van der Waals surface area contributed by atoms with Gasteiger partial charge in [-0.1, -0.05) is 42.1 Å². The molecule has 1 unspecified atom stereocenters. The summed E-state index contributed by atoms with van der Waals surface area (Å²) in [5, 5.41) is 3.46. The van der Waals surface area contributed by atoms with Gasteiger partial charge >= 0.3 is 6.18 Å². The average molecular weight is 439 g/mol. The molecule has 1 aliphatic heterocycles. The summed E-state index contributed by atoms with van der Waals surface area (Å²) in [4.78, 5) is 21.0. The number of hydrogen-bond donors (Lipinski definition) is 1. The van der Waals surface area contributed by atoms with E-state index in [1.54, 1.807) is 0 Å². The Bertz CT molecular complexity index is 809. The molecule has 0 aliphatic carbocycles. The lowest BCUT2D eigenvalue weighted by molar-refractivity contribution is -0.137. The molecule has 1 aromatic carbocycles. The van der Waals surface area contributed by atoms with Gasteiger partial charge in [-0.15, -0.1) is 0 Å². The fourth-order valence-electron chi connectivity index (χ4n) is 3.22. The molecule has 1 saturated heterocycles. The molecule has 0 bridgehead atoms. The van der Waals surface area contributed by atoms with Crippen LogP contribution in [0.15, 0.2) is 53.7 Å². The zero-order chi connectivity index (χ0) is 21.6. The largest absolute Gasteiger partial charge is 0.417 e. The smallest absolute Gasteiger partial charge is 0.347 e. The second-order valence-corrected chi connectivity index (χ2v) is 8.30. The first-order chi connectivity index (χ1) is 14.3. The predicted octanol–water partition coefficient (Wildman–Crippen LogP) is 3.30. The number of benzene rings is 1. The van der Waals surface area contributed by atoms with Crippen molar-refractivity contribution >= 4 is 17.7 Å². The minimum absolute atomic E-state index is 0.0877. The Morgan fingerprint density at radius 3 is 2.43 bits per heavy atom. The van der Waals surface area contributed by atoms with Gasteiger partial charge in [0.05, 0.1) is 22.4 Å². The number of aromatic nitrogens is 1. The van der Waals surface area contributed by atoms with E-state index in [0.717, 1.165) is 55.8 Å². The fraction of sp³-hybridized carbons (Fsp3) is 0.429. The molecule has 1 aromatic heterocycles. The molecule has 1 N–H and O–H groups in total. The minimum atomic E-state index is -4.42. The molecule has 2 heterocycles. The number of nitrogens with one attached hydrogen (secondary N) is 1. The normalized spacial score (nSPS) is 16.9. The van der Waals surface area contributed by atoms with Gasteiger partial charge in [-0.25, -0.2) is 4.98 Å². The lowest BCUT2D eigenvalue weighted by Crippen LogP contribution is -2.48. The van der Waals surface area contributed by atoms with Gasteiger partial charge in [-0.2, -0.15) is 13.2 Å². The van der Waals surface area contributed by atoms with Gasteiger partial charge in [0, 0.05) is 38.9 Å². The van der Waals surface area contributed by atoms with Gasteiger partial charge in [-0.05, 0) is 24.7 Å². The number of halogens is 3. The maximum atomic E-state index is 12.6. The van der Waals surface area contributed by atoms with Gasteiger partial charge in [0.1, 0.15) is 0 Å². The van der Waals surface area contributed by atoms with Crippen LogP contribution in [0.1, 0.15) is 17.2 Å². The van der Waals surface area contributed by atoms with E-state index in [4.69, 9.17) is 0 Å². The molecule has 2 aromatic rings. The van der Waals surface area contributed by atoms with Gasteiger partial charge < -0.3 is 10.2 Å². The minimum Gasteiger partial charge on any atom is -0.347 e. The molecule has 1 atom stereocenters. The highest BCUT2D eigenvalue weighted by Crippen LogP contribution is 2.29. The summed E-state index contributed by atoms with van der Waals surface area (Å²) in [5.74, 6) is -0.0885. The van der Waals surface area contributed by atoms with Crippen molar-refractivity contribution in [3.63, 3.8) is 0 Å². The zero-order valence-corrected chi connectivity index (χ0v) is 17.5. The number of amides is 1. The number of alkyl halides is 3. The highest BCUT2D eigenvalue weighted by atomic mass is 32.2. The first kappa shape index (κ1) is 22.6. The van der Waals surface area contributed by atoms with Crippen molar-refractivity contribution in [3.8, 4) is 0 Å². The summed E-state index contributed by atoms with van der Waals surface area (Å²) in [7, 11) is 2.10. The number of likely N-dealkylation sites (N-methyl/N-ethyl adjacent to an activating group) is 1. The summed E-state index contributed by atoms with van der Waals surface area (Å²) in [5.41, 5.74) is 0.232. The molecule has 0 spiro atoms. The SMILES string of the molecule is CN1CCN(CC(NC(=O)CSc2ccc(C(F)(F)F)cn2)c2ccccc2)CC1. The van der Waals surface area contributed by atoms with Crippen LogP contribution in [-0.2, 0) is 11.0 Å². The Kier molecular flexibility index (Phi) is 7.74. The lowest BCUT2D eigenvalue weighted by atomic mass is 10.1. The van der Waals surface area contributed by atoms with Crippen molar-refractivity contribution < 1.29 is 18.0 Å². The Hall–Kier alpha value is -2.10.